The zero-order chi connectivity index (χ0) is 15.7. The van der Waals surface area contributed by atoms with Gasteiger partial charge in [0.2, 0.25) is 0 Å². The van der Waals surface area contributed by atoms with Gasteiger partial charge in [0.1, 0.15) is 5.75 Å². The van der Waals surface area contributed by atoms with Crippen LogP contribution in [0.4, 0.5) is 0 Å². The highest BCUT2D eigenvalue weighted by Crippen LogP contribution is 2.25. The maximum atomic E-state index is 5.49. The van der Waals surface area contributed by atoms with Crippen molar-refractivity contribution in [2.24, 2.45) is 5.92 Å². The summed E-state index contributed by atoms with van der Waals surface area (Å²) in [5.74, 6) is 4.10. The molecule has 120 valence electrons. The topological polar surface area (TPSA) is 21.3 Å². The molecule has 0 saturated carbocycles. The van der Waals surface area contributed by atoms with Gasteiger partial charge in [0.05, 0.1) is 7.11 Å². The minimum Gasteiger partial charge on any atom is -0.496 e. The van der Waals surface area contributed by atoms with Crippen LogP contribution in [0.5, 0.6) is 5.75 Å². The Labute approximate surface area is 142 Å². The Kier molecular flexibility index (Phi) is 9.45. The smallest absolute Gasteiger partial charge is 0.122 e. The van der Waals surface area contributed by atoms with Gasteiger partial charge in [-0.25, -0.2) is 0 Å². The van der Waals surface area contributed by atoms with Gasteiger partial charge in [-0.3, -0.25) is 0 Å². The van der Waals surface area contributed by atoms with E-state index < -0.39 is 0 Å². The maximum absolute atomic E-state index is 5.49. The van der Waals surface area contributed by atoms with Gasteiger partial charge in [0.15, 0.2) is 0 Å². The molecular formula is C17H28BrNOS. The molecule has 1 unspecified atom stereocenters. The molecule has 1 aromatic carbocycles. The van der Waals surface area contributed by atoms with E-state index in [4.69, 9.17) is 4.74 Å². The van der Waals surface area contributed by atoms with Crippen molar-refractivity contribution in [1.82, 2.24) is 5.32 Å². The number of thioether (sulfide) groups is 1. The van der Waals surface area contributed by atoms with Crippen LogP contribution in [0, 0.1) is 5.92 Å². The average molecular weight is 374 g/mol. The van der Waals surface area contributed by atoms with E-state index in [0.29, 0.717) is 6.04 Å². The van der Waals surface area contributed by atoms with Crippen molar-refractivity contribution in [2.75, 3.05) is 25.2 Å². The number of ether oxygens (including phenoxy) is 1. The first-order valence-electron chi connectivity index (χ1n) is 7.70. The maximum Gasteiger partial charge on any atom is 0.122 e. The minimum absolute atomic E-state index is 0.497. The van der Waals surface area contributed by atoms with Crippen molar-refractivity contribution in [1.29, 1.82) is 0 Å². The molecule has 1 aromatic rings. The Balaban J connectivity index is 2.68. The molecule has 0 fully saturated rings. The third kappa shape index (κ3) is 7.57. The van der Waals surface area contributed by atoms with Gasteiger partial charge in [-0.2, -0.15) is 11.8 Å². The number of rotatable bonds is 10. The summed E-state index contributed by atoms with van der Waals surface area (Å²) in [7, 11) is 1.74. The van der Waals surface area contributed by atoms with E-state index in [2.05, 4.69) is 48.1 Å². The van der Waals surface area contributed by atoms with E-state index in [9.17, 15) is 0 Å². The molecule has 0 saturated heterocycles. The third-order valence-corrected chi connectivity index (χ3v) is 5.20. The molecule has 0 bridgehead atoms. The predicted octanol–water partition coefficient (Wildman–Crippen LogP) is 4.76. The highest BCUT2D eigenvalue weighted by Gasteiger charge is 2.13. The van der Waals surface area contributed by atoms with Crippen LogP contribution in [0.15, 0.2) is 22.7 Å². The lowest BCUT2D eigenvalue weighted by molar-refractivity contribution is 0.406. The Morgan fingerprint density at radius 1 is 1.29 bits per heavy atom. The molecule has 1 atom stereocenters. The average Bonchev–Trinajstić information content (AvgIpc) is 2.44. The van der Waals surface area contributed by atoms with Crippen molar-refractivity contribution in [3.05, 3.63) is 28.2 Å². The van der Waals surface area contributed by atoms with Gasteiger partial charge in [0, 0.05) is 16.3 Å². The first-order chi connectivity index (χ1) is 10.1. The first-order valence-corrected chi connectivity index (χ1v) is 9.65. The fraction of sp³-hybridized carbons (Fsp3) is 0.647. The zero-order valence-electron chi connectivity index (χ0n) is 13.6. The Morgan fingerprint density at radius 3 is 2.67 bits per heavy atom. The Bertz CT molecular complexity index is 412. The van der Waals surface area contributed by atoms with E-state index >= 15 is 0 Å². The van der Waals surface area contributed by atoms with Crippen LogP contribution >= 0.6 is 27.7 Å². The second kappa shape index (κ2) is 10.5. The Morgan fingerprint density at radius 2 is 2.05 bits per heavy atom. The normalized spacial score (nSPS) is 12.7. The molecule has 0 aliphatic heterocycles. The summed E-state index contributed by atoms with van der Waals surface area (Å²) in [6.45, 7) is 7.84. The largest absolute Gasteiger partial charge is 0.496 e. The van der Waals surface area contributed by atoms with E-state index in [0.717, 1.165) is 34.9 Å². The first kappa shape index (κ1) is 18.9. The van der Waals surface area contributed by atoms with Gasteiger partial charge in [-0.05, 0) is 54.8 Å². The van der Waals surface area contributed by atoms with E-state index in [-0.39, 0.29) is 0 Å². The summed E-state index contributed by atoms with van der Waals surface area (Å²) >= 11 is 5.60. The molecule has 0 aliphatic rings. The standard InChI is InChI=1S/C17H28BrNOS/c1-5-8-19-16(12-21-11-13(2)3)10-14-9-15(18)6-7-17(14)20-4/h6-7,9,13,16,19H,5,8,10-12H2,1-4H3. The van der Waals surface area contributed by atoms with E-state index in [1.165, 1.54) is 17.7 Å². The summed E-state index contributed by atoms with van der Waals surface area (Å²) in [6, 6.07) is 6.74. The number of halogens is 1. The van der Waals surface area contributed by atoms with Crippen LogP contribution in [0.2, 0.25) is 0 Å². The van der Waals surface area contributed by atoms with Crippen LogP contribution in [-0.4, -0.2) is 31.2 Å². The predicted molar refractivity (Wildman–Crippen MR) is 98.6 cm³/mol. The van der Waals surface area contributed by atoms with E-state index in [1.54, 1.807) is 7.11 Å². The second-order valence-electron chi connectivity index (χ2n) is 5.74. The van der Waals surface area contributed by atoms with Gasteiger partial charge >= 0.3 is 0 Å². The lowest BCUT2D eigenvalue weighted by atomic mass is 10.1. The van der Waals surface area contributed by atoms with Crippen molar-refractivity contribution in [3.8, 4) is 5.75 Å². The van der Waals surface area contributed by atoms with Crippen LogP contribution in [0.25, 0.3) is 0 Å². The lowest BCUT2D eigenvalue weighted by Crippen LogP contribution is -2.34. The molecule has 0 amide bonds. The van der Waals surface area contributed by atoms with Crippen LogP contribution < -0.4 is 10.1 Å². The van der Waals surface area contributed by atoms with Crippen molar-refractivity contribution in [2.45, 2.75) is 39.7 Å². The molecule has 0 radical (unpaired) electrons. The highest BCUT2D eigenvalue weighted by molar-refractivity contribution is 9.10. The van der Waals surface area contributed by atoms with Crippen molar-refractivity contribution in [3.63, 3.8) is 0 Å². The monoisotopic (exact) mass is 373 g/mol. The summed E-state index contributed by atoms with van der Waals surface area (Å²) in [6.07, 6.45) is 2.18. The van der Waals surface area contributed by atoms with Crippen LogP contribution in [-0.2, 0) is 6.42 Å². The van der Waals surface area contributed by atoms with Gasteiger partial charge in [0.25, 0.3) is 0 Å². The molecule has 21 heavy (non-hydrogen) atoms. The van der Waals surface area contributed by atoms with Crippen molar-refractivity contribution < 1.29 is 4.74 Å². The zero-order valence-corrected chi connectivity index (χ0v) is 16.0. The van der Waals surface area contributed by atoms with Gasteiger partial charge < -0.3 is 10.1 Å². The highest BCUT2D eigenvalue weighted by atomic mass is 79.9. The number of hydrogen-bond donors (Lipinski definition) is 1. The number of benzene rings is 1. The molecule has 0 aromatic heterocycles. The molecule has 1 rings (SSSR count). The molecule has 0 spiro atoms. The molecule has 0 heterocycles. The van der Waals surface area contributed by atoms with E-state index in [1.807, 2.05) is 23.9 Å². The number of nitrogens with one attached hydrogen (secondary N) is 1. The summed E-state index contributed by atoms with van der Waals surface area (Å²) < 4.78 is 6.61. The third-order valence-electron chi connectivity index (χ3n) is 3.16. The molecular weight excluding hydrogens is 346 g/mol. The van der Waals surface area contributed by atoms with Gasteiger partial charge in [-0.15, -0.1) is 0 Å². The Hall–Kier alpha value is -0.190. The van der Waals surface area contributed by atoms with Crippen LogP contribution in [0.3, 0.4) is 0 Å². The quantitative estimate of drug-likeness (QED) is 0.638. The summed E-state index contributed by atoms with van der Waals surface area (Å²) in [4.78, 5) is 0. The number of methoxy groups -OCH3 is 1. The van der Waals surface area contributed by atoms with Gasteiger partial charge in [-0.1, -0.05) is 36.7 Å². The molecule has 4 heteroatoms. The van der Waals surface area contributed by atoms with Crippen LogP contribution in [0.1, 0.15) is 32.8 Å². The lowest BCUT2D eigenvalue weighted by Gasteiger charge is -2.20. The minimum atomic E-state index is 0.497. The summed E-state index contributed by atoms with van der Waals surface area (Å²) in [5, 5.41) is 3.67. The summed E-state index contributed by atoms with van der Waals surface area (Å²) in [5.41, 5.74) is 1.27. The fourth-order valence-electron chi connectivity index (χ4n) is 2.16. The molecule has 1 N–H and O–H groups in total. The SMILES string of the molecule is CCCNC(CSCC(C)C)Cc1cc(Br)ccc1OC. The fourth-order valence-corrected chi connectivity index (χ4v) is 3.69. The van der Waals surface area contributed by atoms with Crippen molar-refractivity contribution >= 4 is 27.7 Å². The molecule has 2 nitrogen and oxygen atoms in total. The molecule has 0 aliphatic carbocycles. The number of hydrogen-bond acceptors (Lipinski definition) is 3. The second-order valence-corrected chi connectivity index (χ2v) is 7.73.